The van der Waals surface area contributed by atoms with E-state index in [2.05, 4.69) is 0 Å². The second-order valence-electron chi connectivity index (χ2n) is 3.53. The van der Waals surface area contributed by atoms with Crippen LogP contribution in [0.3, 0.4) is 0 Å². The van der Waals surface area contributed by atoms with Crippen molar-refractivity contribution in [3.63, 3.8) is 0 Å². The fourth-order valence-corrected chi connectivity index (χ4v) is 4.04. The van der Waals surface area contributed by atoms with Crippen LogP contribution < -0.4 is 0 Å². The fourth-order valence-electron chi connectivity index (χ4n) is 1.66. The summed E-state index contributed by atoms with van der Waals surface area (Å²) < 4.78 is 43.2. The average Bonchev–Trinajstić information content (AvgIpc) is 2.26. The Hall–Kier alpha value is -1.24. The molecule has 0 bridgehead atoms. The molecule has 90 valence electrons. The van der Waals surface area contributed by atoms with Crippen molar-refractivity contribution in [2.75, 3.05) is 5.08 Å². The van der Waals surface area contributed by atoms with Crippen LogP contribution in [0.15, 0.2) is 47.4 Å². The molecular weight excluding hydrogens is 260 g/mol. The maximum atomic E-state index is 11.9. The van der Waals surface area contributed by atoms with Gasteiger partial charge in [-0.3, -0.25) is 0 Å². The van der Waals surface area contributed by atoms with Crippen LogP contribution in [0, 0.1) is 0 Å². The van der Waals surface area contributed by atoms with Crippen molar-refractivity contribution in [3.05, 3.63) is 42.5 Å². The Kier molecular flexibility index (Phi) is 3.28. The van der Waals surface area contributed by atoms with Gasteiger partial charge in [-0.25, -0.2) is 12.6 Å². The van der Waals surface area contributed by atoms with Crippen LogP contribution in [0.1, 0.15) is 0 Å². The molecule has 2 rings (SSSR count). The van der Waals surface area contributed by atoms with Crippen molar-refractivity contribution < 1.29 is 17.2 Å². The Morgan fingerprint density at radius 2 is 1.71 bits per heavy atom. The molecule has 0 aliphatic rings. The van der Waals surface area contributed by atoms with Crippen molar-refractivity contribution in [1.29, 1.82) is 0 Å². The average molecular weight is 270 g/mol. The Morgan fingerprint density at radius 3 is 2.41 bits per heavy atom. The Bertz CT molecular complexity index is 671. The van der Waals surface area contributed by atoms with Gasteiger partial charge >= 0.3 is 0 Å². The summed E-state index contributed by atoms with van der Waals surface area (Å²) >= 11 is -2.37. The van der Waals surface area contributed by atoms with Gasteiger partial charge in [-0.1, -0.05) is 36.4 Å². The van der Waals surface area contributed by atoms with Crippen LogP contribution in [0.4, 0.5) is 0 Å². The molecule has 0 heterocycles. The molecule has 2 aromatic carbocycles. The Balaban J connectivity index is 2.67. The highest BCUT2D eigenvalue weighted by molar-refractivity contribution is 8.03. The smallest absolute Gasteiger partial charge is 0.193 e. The molecule has 0 saturated carbocycles. The number of sulfone groups is 1. The van der Waals surface area contributed by atoms with E-state index in [4.69, 9.17) is 4.55 Å². The molecule has 0 radical (unpaired) electrons. The summed E-state index contributed by atoms with van der Waals surface area (Å²) in [4.78, 5) is 0.0954. The molecule has 0 fully saturated rings. The maximum absolute atomic E-state index is 11.9. The predicted octanol–water partition coefficient (Wildman–Crippen LogP) is 1.79. The normalized spacial score (nSPS) is 13.7. The molecule has 0 aliphatic heterocycles. The lowest BCUT2D eigenvalue weighted by molar-refractivity contribution is 0.565. The Labute approximate surface area is 101 Å². The topological polar surface area (TPSA) is 71.4 Å². The highest BCUT2D eigenvalue weighted by atomic mass is 32.3. The standard InChI is InChI=1S/C11H10O4S2/c12-16(13)8-17(14,15)11-7-3-5-9-4-1-2-6-10(9)11/h1-7H,8H2,(H,12,13). The van der Waals surface area contributed by atoms with Crippen molar-refractivity contribution in [2.24, 2.45) is 0 Å². The van der Waals surface area contributed by atoms with Crippen LogP contribution in [-0.4, -0.2) is 22.3 Å². The summed E-state index contributed by atoms with van der Waals surface area (Å²) in [5.74, 6) is 0. The molecule has 6 heteroatoms. The van der Waals surface area contributed by atoms with Crippen molar-refractivity contribution in [1.82, 2.24) is 0 Å². The van der Waals surface area contributed by atoms with Gasteiger partial charge in [0.2, 0.25) is 0 Å². The number of rotatable bonds is 3. The number of hydrogen-bond acceptors (Lipinski definition) is 3. The van der Waals surface area contributed by atoms with E-state index in [9.17, 15) is 12.6 Å². The van der Waals surface area contributed by atoms with Gasteiger partial charge in [-0.05, 0) is 11.5 Å². The SMILES string of the molecule is O=S(O)CS(=O)(=O)c1cccc2ccccc12. The zero-order valence-corrected chi connectivity index (χ0v) is 10.4. The lowest BCUT2D eigenvalue weighted by atomic mass is 10.1. The first kappa shape index (κ1) is 12.2. The third-order valence-electron chi connectivity index (χ3n) is 2.34. The summed E-state index contributed by atoms with van der Waals surface area (Å²) in [5, 5.41) is 0.582. The van der Waals surface area contributed by atoms with E-state index in [0.717, 1.165) is 5.39 Å². The zero-order chi connectivity index (χ0) is 12.5. The zero-order valence-electron chi connectivity index (χ0n) is 8.74. The lowest BCUT2D eigenvalue weighted by Crippen LogP contribution is -2.11. The van der Waals surface area contributed by atoms with E-state index in [1.165, 1.54) is 6.07 Å². The first-order valence-electron chi connectivity index (χ1n) is 4.79. The second-order valence-corrected chi connectivity index (χ2v) is 6.79. The lowest BCUT2D eigenvalue weighted by Gasteiger charge is -2.06. The molecule has 1 atom stereocenters. The van der Waals surface area contributed by atoms with Gasteiger partial charge in [-0.15, -0.1) is 0 Å². The van der Waals surface area contributed by atoms with Gasteiger partial charge in [0.15, 0.2) is 26.0 Å². The van der Waals surface area contributed by atoms with Crippen LogP contribution >= 0.6 is 0 Å². The first-order valence-corrected chi connectivity index (χ1v) is 7.71. The molecular formula is C11H10O4S2. The molecule has 0 aliphatic carbocycles. The number of fused-ring (bicyclic) bond motifs is 1. The summed E-state index contributed by atoms with van der Waals surface area (Å²) in [7, 11) is -3.74. The third kappa shape index (κ3) is 2.54. The summed E-state index contributed by atoms with van der Waals surface area (Å²) in [6, 6.07) is 11.9. The molecule has 0 saturated heterocycles. The minimum absolute atomic E-state index is 0.0954. The quantitative estimate of drug-likeness (QED) is 0.863. The first-order chi connectivity index (χ1) is 8.00. The highest BCUT2D eigenvalue weighted by Crippen LogP contribution is 2.23. The number of hydrogen-bond donors (Lipinski definition) is 1. The second kappa shape index (κ2) is 4.56. The molecule has 4 nitrogen and oxygen atoms in total. The van der Waals surface area contributed by atoms with Crippen molar-refractivity contribution >= 4 is 31.7 Å². The van der Waals surface area contributed by atoms with Crippen molar-refractivity contribution in [3.8, 4) is 0 Å². The van der Waals surface area contributed by atoms with Gasteiger partial charge in [0, 0.05) is 5.39 Å². The molecule has 1 N–H and O–H groups in total. The predicted molar refractivity (Wildman–Crippen MR) is 66.8 cm³/mol. The fraction of sp³-hybridized carbons (Fsp3) is 0.0909. The Morgan fingerprint density at radius 1 is 1.06 bits per heavy atom. The van der Waals surface area contributed by atoms with E-state index in [0.29, 0.717) is 5.39 Å². The third-order valence-corrected chi connectivity index (χ3v) is 5.41. The van der Waals surface area contributed by atoms with Crippen LogP contribution in [0.2, 0.25) is 0 Å². The van der Waals surface area contributed by atoms with Gasteiger partial charge < -0.3 is 4.55 Å². The summed E-state index contributed by atoms with van der Waals surface area (Å²) in [5.41, 5.74) is 0. The van der Waals surface area contributed by atoms with E-state index in [1.54, 1.807) is 30.3 Å². The molecule has 1 unspecified atom stereocenters. The summed E-state index contributed by atoms with van der Waals surface area (Å²) in [6.45, 7) is 0. The molecule has 0 aromatic heterocycles. The maximum Gasteiger partial charge on any atom is 0.193 e. The van der Waals surface area contributed by atoms with Crippen LogP contribution in [0.25, 0.3) is 10.8 Å². The van der Waals surface area contributed by atoms with Crippen LogP contribution in [0.5, 0.6) is 0 Å². The number of benzene rings is 2. The molecule has 17 heavy (non-hydrogen) atoms. The molecule has 0 amide bonds. The minimum Gasteiger partial charge on any atom is -0.305 e. The monoisotopic (exact) mass is 270 g/mol. The largest absolute Gasteiger partial charge is 0.305 e. The van der Waals surface area contributed by atoms with Gasteiger partial charge in [0.1, 0.15) is 0 Å². The van der Waals surface area contributed by atoms with E-state index < -0.39 is 26.0 Å². The van der Waals surface area contributed by atoms with E-state index in [-0.39, 0.29) is 4.90 Å². The van der Waals surface area contributed by atoms with Gasteiger partial charge in [-0.2, -0.15) is 0 Å². The van der Waals surface area contributed by atoms with Gasteiger partial charge in [0.25, 0.3) is 0 Å². The van der Waals surface area contributed by atoms with Crippen LogP contribution in [-0.2, 0) is 20.9 Å². The van der Waals surface area contributed by atoms with Gasteiger partial charge in [0.05, 0.1) is 4.90 Å². The summed E-state index contributed by atoms with van der Waals surface area (Å²) in [6.07, 6.45) is 0. The molecule has 0 spiro atoms. The van der Waals surface area contributed by atoms with E-state index >= 15 is 0 Å². The van der Waals surface area contributed by atoms with E-state index in [1.807, 2.05) is 6.07 Å². The van der Waals surface area contributed by atoms with Crippen molar-refractivity contribution in [2.45, 2.75) is 4.90 Å². The highest BCUT2D eigenvalue weighted by Gasteiger charge is 2.19. The minimum atomic E-state index is -3.74. The molecule has 2 aromatic rings.